The molecule has 2 aromatic carbocycles. The van der Waals surface area contributed by atoms with Crippen LogP contribution in [-0.2, 0) is 18.9 Å². The number of benzene rings is 2. The molecule has 8 rings (SSSR count). The standard InChI is InChI=1S/C36H29N9O6/c1-42-26-9-7-23(17-27(26)43(2)36(42)49)44-14-15-50-34-28(44)19-39-32(41-34)22-6-8-25(38-18-22)33(47)37-12-3-4-21-5-10-30-24(16-21)29(20-51-30)45-13-11-31(46)40-35(45)48/h5-10,16-20H,11-15H2,1-2H3,(H,37,47)(H,40,46,48). The second-order valence-corrected chi connectivity index (χ2v) is 12.0. The number of nitrogens with zero attached hydrogens (tertiary/aromatic N) is 7. The van der Waals surface area contributed by atoms with Crippen LogP contribution in [0.1, 0.15) is 22.5 Å². The number of pyridine rings is 1. The first-order valence-electron chi connectivity index (χ1n) is 16.0. The summed E-state index contributed by atoms with van der Waals surface area (Å²) in [6.45, 7) is 1.32. The third-order valence-corrected chi connectivity index (χ3v) is 8.87. The number of imidazole rings is 1. The molecule has 51 heavy (non-hydrogen) atoms. The number of carbonyl (C=O) groups excluding carboxylic acids is 3. The van der Waals surface area contributed by atoms with Gasteiger partial charge in [-0.15, -0.1) is 0 Å². The van der Waals surface area contributed by atoms with Crippen LogP contribution in [0, 0.1) is 11.8 Å². The van der Waals surface area contributed by atoms with Gasteiger partial charge in [0.2, 0.25) is 11.8 Å². The molecule has 2 N–H and O–H groups in total. The average molecular weight is 684 g/mol. The van der Waals surface area contributed by atoms with Crippen LogP contribution in [0.25, 0.3) is 33.4 Å². The Kier molecular flexibility index (Phi) is 7.68. The van der Waals surface area contributed by atoms with Crippen LogP contribution in [0.15, 0.2) is 76.4 Å². The van der Waals surface area contributed by atoms with Crippen molar-refractivity contribution in [2.45, 2.75) is 6.42 Å². The molecule has 1 saturated heterocycles. The highest BCUT2D eigenvalue weighted by Crippen LogP contribution is 2.37. The number of hydrogen-bond donors (Lipinski definition) is 2. The lowest BCUT2D eigenvalue weighted by Gasteiger charge is -2.30. The van der Waals surface area contributed by atoms with Gasteiger partial charge in [0.1, 0.15) is 29.8 Å². The number of nitrogens with one attached hydrogen (secondary N) is 2. The molecule has 4 aromatic heterocycles. The number of aromatic nitrogens is 5. The minimum absolute atomic E-state index is 0.0739. The number of ether oxygens (including phenoxy) is 1. The molecule has 1 fully saturated rings. The van der Waals surface area contributed by atoms with Gasteiger partial charge in [0.05, 0.1) is 36.0 Å². The van der Waals surface area contributed by atoms with Gasteiger partial charge in [-0.05, 0) is 48.5 Å². The van der Waals surface area contributed by atoms with E-state index in [0.29, 0.717) is 58.3 Å². The predicted octanol–water partition coefficient (Wildman–Crippen LogP) is 3.23. The van der Waals surface area contributed by atoms with Crippen molar-refractivity contribution in [1.29, 1.82) is 0 Å². The number of amides is 4. The number of carbonyl (C=O) groups is 3. The Morgan fingerprint density at radius 3 is 2.63 bits per heavy atom. The van der Waals surface area contributed by atoms with Crippen LogP contribution in [-0.4, -0.2) is 68.2 Å². The number of anilines is 3. The summed E-state index contributed by atoms with van der Waals surface area (Å²) in [4.78, 5) is 66.1. The number of rotatable bonds is 5. The lowest BCUT2D eigenvalue weighted by molar-refractivity contribution is -0.120. The number of furan rings is 1. The lowest BCUT2D eigenvalue weighted by atomic mass is 10.1. The highest BCUT2D eigenvalue weighted by Gasteiger charge is 2.27. The van der Waals surface area contributed by atoms with Crippen molar-refractivity contribution in [3.63, 3.8) is 0 Å². The summed E-state index contributed by atoms with van der Waals surface area (Å²) < 4.78 is 14.7. The smallest absolute Gasteiger partial charge is 0.328 e. The Morgan fingerprint density at radius 1 is 0.941 bits per heavy atom. The highest BCUT2D eigenvalue weighted by atomic mass is 16.5. The summed E-state index contributed by atoms with van der Waals surface area (Å²) in [5.41, 5.74) is 5.77. The molecule has 0 unspecified atom stereocenters. The molecule has 6 heterocycles. The van der Waals surface area contributed by atoms with Crippen LogP contribution in [0.4, 0.5) is 21.9 Å². The Labute approximate surface area is 289 Å². The van der Waals surface area contributed by atoms with Crippen LogP contribution in [0.2, 0.25) is 0 Å². The van der Waals surface area contributed by atoms with Gasteiger partial charge in [-0.1, -0.05) is 11.8 Å². The van der Waals surface area contributed by atoms with Crippen LogP contribution in [0.3, 0.4) is 0 Å². The molecule has 0 bridgehead atoms. The molecule has 15 heteroatoms. The van der Waals surface area contributed by atoms with E-state index in [9.17, 15) is 19.2 Å². The van der Waals surface area contributed by atoms with Crippen LogP contribution in [0.5, 0.6) is 5.88 Å². The molecular formula is C36H29N9O6. The molecule has 254 valence electrons. The van der Waals surface area contributed by atoms with Crippen molar-refractivity contribution >= 4 is 56.9 Å². The quantitative estimate of drug-likeness (QED) is 0.257. The van der Waals surface area contributed by atoms with Crippen LogP contribution < -0.4 is 30.9 Å². The Hall–Kier alpha value is -6.95. The van der Waals surface area contributed by atoms with Gasteiger partial charge in [-0.3, -0.25) is 33.9 Å². The molecule has 0 atom stereocenters. The Morgan fingerprint density at radius 2 is 1.80 bits per heavy atom. The zero-order valence-electron chi connectivity index (χ0n) is 27.5. The monoisotopic (exact) mass is 683 g/mol. The van der Waals surface area contributed by atoms with E-state index in [-0.39, 0.29) is 36.8 Å². The Bertz CT molecular complexity index is 2520. The molecule has 4 amide bonds. The topological polar surface area (TPSA) is 170 Å². The molecule has 6 aromatic rings. The molecular weight excluding hydrogens is 654 g/mol. The molecule has 0 aliphatic carbocycles. The van der Waals surface area contributed by atoms with E-state index in [0.717, 1.165) is 16.7 Å². The molecule has 2 aliphatic rings. The predicted molar refractivity (Wildman–Crippen MR) is 187 cm³/mol. The minimum Gasteiger partial charge on any atom is -0.474 e. The van der Waals surface area contributed by atoms with Crippen molar-refractivity contribution in [3.8, 4) is 29.1 Å². The molecule has 15 nitrogen and oxygen atoms in total. The van der Waals surface area contributed by atoms with Gasteiger partial charge in [-0.2, -0.15) is 4.98 Å². The second kappa shape index (κ2) is 12.5. The Balaban J connectivity index is 0.926. The minimum atomic E-state index is -0.500. The van der Waals surface area contributed by atoms with Gasteiger partial charge < -0.3 is 19.4 Å². The van der Waals surface area contributed by atoms with Crippen molar-refractivity contribution in [2.24, 2.45) is 14.1 Å². The zero-order chi connectivity index (χ0) is 35.2. The molecule has 0 spiro atoms. The summed E-state index contributed by atoms with van der Waals surface area (Å²) in [6, 6.07) is 14.0. The number of aryl methyl sites for hydroxylation is 2. The first kappa shape index (κ1) is 31.3. The molecule has 0 saturated carbocycles. The van der Waals surface area contributed by atoms with Gasteiger partial charge in [0.25, 0.3) is 5.91 Å². The van der Waals surface area contributed by atoms with E-state index < -0.39 is 11.9 Å². The fourth-order valence-electron chi connectivity index (χ4n) is 6.19. The van der Waals surface area contributed by atoms with E-state index >= 15 is 0 Å². The van der Waals surface area contributed by atoms with Crippen molar-refractivity contribution in [2.75, 3.05) is 36.0 Å². The van der Waals surface area contributed by atoms with Crippen molar-refractivity contribution in [1.82, 2.24) is 34.7 Å². The number of urea groups is 1. The van der Waals surface area contributed by atoms with Gasteiger partial charge in [0.15, 0.2) is 5.82 Å². The maximum absolute atomic E-state index is 12.8. The number of imide groups is 1. The van der Waals surface area contributed by atoms with Crippen LogP contribution >= 0.6 is 0 Å². The first-order valence-corrected chi connectivity index (χ1v) is 16.0. The molecule has 2 aliphatic heterocycles. The normalized spacial score (nSPS) is 14.2. The third-order valence-electron chi connectivity index (χ3n) is 8.87. The van der Waals surface area contributed by atoms with Crippen molar-refractivity contribution in [3.05, 3.63) is 88.9 Å². The first-order chi connectivity index (χ1) is 24.7. The van der Waals surface area contributed by atoms with Gasteiger partial charge in [-0.25, -0.2) is 14.6 Å². The highest BCUT2D eigenvalue weighted by molar-refractivity contribution is 6.09. The average Bonchev–Trinajstić information content (AvgIpc) is 3.66. The number of fused-ring (bicyclic) bond motifs is 3. The van der Waals surface area contributed by atoms with E-state index in [1.807, 2.05) is 18.2 Å². The van der Waals surface area contributed by atoms with Crippen molar-refractivity contribution < 1.29 is 23.5 Å². The number of hydrogen-bond acceptors (Lipinski definition) is 10. The summed E-state index contributed by atoms with van der Waals surface area (Å²) in [5, 5.41) is 5.75. The fourth-order valence-corrected chi connectivity index (χ4v) is 6.19. The van der Waals surface area contributed by atoms with Gasteiger partial charge in [0, 0.05) is 55.5 Å². The van der Waals surface area contributed by atoms with Gasteiger partial charge >= 0.3 is 11.7 Å². The maximum Gasteiger partial charge on any atom is 0.328 e. The fraction of sp³-hybridized carbons (Fsp3) is 0.194. The summed E-state index contributed by atoms with van der Waals surface area (Å²) >= 11 is 0. The van der Waals surface area contributed by atoms with E-state index in [1.165, 1.54) is 17.4 Å². The zero-order valence-corrected chi connectivity index (χ0v) is 27.5. The largest absolute Gasteiger partial charge is 0.474 e. The maximum atomic E-state index is 12.8. The van der Waals surface area contributed by atoms with E-state index in [2.05, 4.69) is 42.3 Å². The summed E-state index contributed by atoms with van der Waals surface area (Å²) in [7, 11) is 3.50. The second-order valence-electron chi connectivity index (χ2n) is 12.0. The SMILES string of the molecule is Cn1c(=O)n(C)c2cc(N3CCOc4nc(-c5ccc(C(=O)NCC#Cc6ccc7occ(N8CCC(=O)NC8=O)c7c6)nc5)ncc43)ccc21. The summed E-state index contributed by atoms with van der Waals surface area (Å²) in [6.07, 6.45) is 4.91. The van der Waals surface area contributed by atoms with E-state index in [4.69, 9.17) is 9.15 Å². The lowest BCUT2D eigenvalue weighted by Crippen LogP contribution is -2.49. The molecule has 0 radical (unpaired) electrons. The van der Waals surface area contributed by atoms with E-state index in [1.54, 1.807) is 59.8 Å². The summed E-state index contributed by atoms with van der Waals surface area (Å²) in [5.74, 6) is 6.06. The third kappa shape index (κ3) is 5.68.